The smallest absolute Gasteiger partial charge is 0.131 e. The van der Waals surface area contributed by atoms with E-state index in [2.05, 4.69) is 50.9 Å². The van der Waals surface area contributed by atoms with Crippen LogP contribution in [0.3, 0.4) is 0 Å². The summed E-state index contributed by atoms with van der Waals surface area (Å²) in [4.78, 5) is 15.9. The standard InChI is InChI=1S/C18H16N4S/c1-3-14-9-19-17-10-22(7-6-15(17)21-14)12(2)13-4-5-18-16(8-13)20-11-23-18/h1,4-5,8-9,11-12H,6-7,10H2,2H3. The first kappa shape index (κ1) is 14.3. The highest BCUT2D eigenvalue weighted by Crippen LogP contribution is 2.28. The highest BCUT2D eigenvalue weighted by atomic mass is 32.1. The predicted octanol–water partition coefficient (Wildman–Crippen LogP) is 3.19. The Bertz CT molecular complexity index is 909. The molecule has 1 aliphatic rings. The molecule has 0 N–H and O–H groups in total. The summed E-state index contributed by atoms with van der Waals surface area (Å²) in [7, 11) is 0. The van der Waals surface area contributed by atoms with E-state index in [0.29, 0.717) is 11.7 Å². The lowest BCUT2D eigenvalue weighted by atomic mass is 10.0. The zero-order valence-electron chi connectivity index (χ0n) is 12.9. The second kappa shape index (κ2) is 5.73. The van der Waals surface area contributed by atoms with E-state index in [0.717, 1.165) is 36.4 Å². The van der Waals surface area contributed by atoms with Crippen LogP contribution in [0.4, 0.5) is 0 Å². The van der Waals surface area contributed by atoms with E-state index in [1.807, 2.05) is 5.51 Å². The maximum atomic E-state index is 5.40. The zero-order valence-corrected chi connectivity index (χ0v) is 13.7. The van der Waals surface area contributed by atoms with E-state index >= 15 is 0 Å². The lowest BCUT2D eigenvalue weighted by Crippen LogP contribution is -2.34. The first-order valence-electron chi connectivity index (χ1n) is 7.63. The molecule has 0 spiro atoms. The third-order valence-electron chi connectivity index (χ3n) is 4.45. The van der Waals surface area contributed by atoms with Crippen molar-refractivity contribution < 1.29 is 0 Å². The highest BCUT2D eigenvalue weighted by molar-refractivity contribution is 7.16. The van der Waals surface area contributed by atoms with Crippen molar-refractivity contribution >= 4 is 21.6 Å². The summed E-state index contributed by atoms with van der Waals surface area (Å²) in [6.07, 6.45) is 7.98. The minimum atomic E-state index is 0.323. The molecule has 1 aliphatic heterocycles. The number of nitrogens with zero attached hydrogens (tertiary/aromatic N) is 4. The fraction of sp³-hybridized carbons (Fsp3) is 0.278. The molecule has 1 atom stereocenters. The Labute approximate surface area is 139 Å². The van der Waals surface area contributed by atoms with Crippen LogP contribution < -0.4 is 0 Å². The number of terminal acetylenes is 1. The Morgan fingerprint density at radius 3 is 3.09 bits per heavy atom. The molecule has 0 radical (unpaired) electrons. The fourth-order valence-electron chi connectivity index (χ4n) is 3.05. The van der Waals surface area contributed by atoms with Gasteiger partial charge < -0.3 is 0 Å². The van der Waals surface area contributed by atoms with Crippen LogP contribution in [0.2, 0.25) is 0 Å². The summed E-state index contributed by atoms with van der Waals surface area (Å²) >= 11 is 1.68. The lowest BCUT2D eigenvalue weighted by molar-refractivity contribution is 0.187. The van der Waals surface area contributed by atoms with Gasteiger partial charge in [0, 0.05) is 25.6 Å². The van der Waals surface area contributed by atoms with Gasteiger partial charge in [-0.15, -0.1) is 17.8 Å². The Morgan fingerprint density at radius 1 is 1.30 bits per heavy atom. The minimum Gasteiger partial charge on any atom is -0.290 e. The van der Waals surface area contributed by atoms with E-state index in [1.165, 1.54) is 10.3 Å². The SMILES string of the molecule is C#Cc1cnc2c(n1)CCN(C(C)c1ccc3scnc3c1)C2. The molecule has 0 bridgehead atoms. The number of hydrogen-bond acceptors (Lipinski definition) is 5. The van der Waals surface area contributed by atoms with E-state index < -0.39 is 0 Å². The molecule has 4 rings (SSSR count). The summed E-state index contributed by atoms with van der Waals surface area (Å²) in [5.74, 6) is 2.56. The van der Waals surface area contributed by atoms with E-state index in [9.17, 15) is 0 Å². The van der Waals surface area contributed by atoms with E-state index in [4.69, 9.17) is 6.42 Å². The first-order chi connectivity index (χ1) is 11.2. The molecule has 5 heteroatoms. The highest BCUT2D eigenvalue weighted by Gasteiger charge is 2.23. The Kier molecular flexibility index (Phi) is 3.56. The van der Waals surface area contributed by atoms with Crippen molar-refractivity contribution in [3.63, 3.8) is 0 Å². The lowest BCUT2D eigenvalue weighted by Gasteiger charge is -2.32. The van der Waals surface area contributed by atoms with Crippen LogP contribution in [0.15, 0.2) is 29.9 Å². The number of benzene rings is 1. The van der Waals surface area contributed by atoms with E-state index in [1.54, 1.807) is 17.5 Å². The normalized spacial score (nSPS) is 16.0. The monoisotopic (exact) mass is 320 g/mol. The molecule has 4 nitrogen and oxygen atoms in total. The van der Waals surface area contributed by atoms with Gasteiger partial charge in [0.15, 0.2) is 0 Å². The number of thiazole rings is 1. The van der Waals surface area contributed by atoms with Crippen molar-refractivity contribution in [1.29, 1.82) is 0 Å². The molecule has 0 saturated heterocycles. The van der Waals surface area contributed by atoms with Crippen LogP contribution in [-0.2, 0) is 13.0 Å². The molecule has 0 aliphatic carbocycles. The molecular weight excluding hydrogens is 304 g/mol. The first-order valence-corrected chi connectivity index (χ1v) is 8.51. The molecule has 0 saturated carbocycles. The predicted molar refractivity (Wildman–Crippen MR) is 92.1 cm³/mol. The molecule has 0 amide bonds. The molecule has 0 fully saturated rings. The van der Waals surface area contributed by atoms with Crippen LogP contribution in [0, 0.1) is 12.3 Å². The van der Waals surface area contributed by atoms with Gasteiger partial charge in [-0.25, -0.2) is 9.97 Å². The van der Waals surface area contributed by atoms with Crippen LogP contribution >= 0.6 is 11.3 Å². The summed E-state index contributed by atoms with van der Waals surface area (Å²) in [5, 5.41) is 0. The largest absolute Gasteiger partial charge is 0.290 e. The zero-order chi connectivity index (χ0) is 15.8. The van der Waals surface area contributed by atoms with Gasteiger partial charge >= 0.3 is 0 Å². The van der Waals surface area contributed by atoms with E-state index in [-0.39, 0.29) is 0 Å². The topological polar surface area (TPSA) is 41.9 Å². The molecule has 3 aromatic rings. The maximum absolute atomic E-state index is 5.40. The molecule has 2 aromatic heterocycles. The van der Waals surface area contributed by atoms with Crippen molar-refractivity contribution in [2.24, 2.45) is 0 Å². The van der Waals surface area contributed by atoms with Crippen LogP contribution in [0.5, 0.6) is 0 Å². The summed E-state index contributed by atoms with van der Waals surface area (Å²) in [5.41, 5.74) is 6.97. The summed E-state index contributed by atoms with van der Waals surface area (Å²) in [6, 6.07) is 6.88. The van der Waals surface area contributed by atoms with Gasteiger partial charge in [-0.2, -0.15) is 0 Å². The van der Waals surface area contributed by atoms with Crippen molar-refractivity contribution in [3.8, 4) is 12.3 Å². The third kappa shape index (κ3) is 2.61. The molecule has 114 valence electrons. The van der Waals surface area contributed by atoms with Gasteiger partial charge in [-0.05, 0) is 30.5 Å². The maximum Gasteiger partial charge on any atom is 0.131 e. The van der Waals surface area contributed by atoms with Crippen molar-refractivity contribution in [2.75, 3.05) is 6.54 Å². The average Bonchev–Trinajstić information content (AvgIpc) is 3.07. The Balaban J connectivity index is 1.59. The quantitative estimate of drug-likeness (QED) is 0.680. The van der Waals surface area contributed by atoms with Gasteiger partial charge in [0.2, 0.25) is 0 Å². The summed E-state index contributed by atoms with van der Waals surface area (Å²) in [6.45, 7) is 4.01. The number of hydrogen-bond donors (Lipinski definition) is 0. The average molecular weight is 320 g/mol. The van der Waals surface area contributed by atoms with Gasteiger partial charge in [-0.3, -0.25) is 9.88 Å². The second-order valence-corrected chi connectivity index (χ2v) is 6.66. The van der Waals surface area contributed by atoms with Crippen molar-refractivity contribution in [3.05, 3.63) is 52.6 Å². The Morgan fingerprint density at radius 2 is 2.22 bits per heavy atom. The third-order valence-corrected chi connectivity index (χ3v) is 5.26. The number of rotatable bonds is 2. The van der Waals surface area contributed by atoms with Crippen molar-refractivity contribution in [2.45, 2.75) is 25.9 Å². The van der Waals surface area contributed by atoms with Crippen LogP contribution in [-0.4, -0.2) is 26.4 Å². The summed E-state index contributed by atoms with van der Waals surface area (Å²) < 4.78 is 1.23. The molecule has 1 unspecified atom stereocenters. The number of aromatic nitrogens is 3. The Hall–Kier alpha value is -2.29. The molecule has 23 heavy (non-hydrogen) atoms. The van der Waals surface area contributed by atoms with Gasteiger partial charge in [0.1, 0.15) is 5.69 Å². The van der Waals surface area contributed by atoms with Crippen LogP contribution in [0.25, 0.3) is 10.2 Å². The van der Waals surface area contributed by atoms with Gasteiger partial charge in [-0.1, -0.05) is 6.07 Å². The van der Waals surface area contributed by atoms with Crippen LogP contribution in [0.1, 0.15) is 35.6 Å². The van der Waals surface area contributed by atoms with Gasteiger partial charge in [0.05, 0.1) is 33.3 Å². The second-order valence-electron chi connectivity index (χ2n) is 5.77. The molecule has 3 heterocycles. The minimum absolute atomic E-state index is 0.323. The molecular formula is C18H16N4S. The number of fused-ring (bicyclic) bond motifs is 2. The fourth-order valence-corrected chi connectivity index (χ4v) is 3.71. The molecule has 1 aromatic carbocycles. The van der Waals surface area contributed by atoms with Crippen molar-refractivity contribution in [1.82, 2.24) is 19.9 Å². The van der Waals surface area contributed by atoms with Gasteiger partial charge in [0.25, 0.3) is 0 Å².